The number of hydrogen-bond donors (Lipinski definition) is 2. The molecular formula is C13H17F3N2O2. The number of hydrogen-bond acceptors (Lipinski definition) is 2. The second-order valence-electron chi connectivity index (χ2n) is 5.10. The second-order valence-corrected chi connectivity index (χ2v) is 5.10. The molecule has 7 heteroatoms. The number of aromatic amines is 1. The maximum absolute atomic E-state index is 12.7. The normalized spacial score (nSPS) is 21.9. The van der Waals surface area contributed by atoms with Crippen molar-refractivity contribution in [2.75, 3.05) is 6.54 Å². The van der Waals surface area contributed by atoms with Gasteiger partial charge in [0.15, 0.2) is 6.10 Å². The number of aryl methyl sites for hydroxylation is 1. The average molecular weight is 290 g/mol. The van der Waals surface area contributed by atoms with Crippen molar-refractivity contribution in [2.45, 2.75) is 44.5 Å². The zero-order valence-corrected chi connectivity index (χ0v) is 11.1. The summed E-state index contributed by atoms with van der Waals surface area (Å²) in [5, 5.41) is 9.47. The SMILES string of the molecule is Cc1c[nH]cc1C(=O)N1CCCCC1C(O)C(F)(F)F. The highest BCUT2D eigenvalue weighted by Gasteiger charge is 2.47. The number of aromatic nitrogens is 1. The zero-order valence-electron chi connectivity index (χ0n) is 11.1. The molecule has 2 N–H and O–H groups in total. The Labute approximate surface area is 114 Å². The van der Waals surface area contributed by atoms with Crippen LogP contribution in [0, 0.1) is 6.92 Å². The lowest BCUT2D eigenvalue weighted by Gasteiger charge is -2.38. The van der Waals surface area contributed by atoms with E-state index < -0.39 is 24.2 Å². The van der Waals surface area contributed by atoms with E-state index in [1.165, 1.54) is 6.20 Å². The van der Waals surface area contributed by atoms with E-state index in [9.17, 15) is 23.1 Å². The molecule has 1 aliphatic rings. The van der Waals surface area contributed by atoms with E-state index in [4.69, 9.17) is 0 Å². The van der Waals surface area contributed by atoms with Gasteiger partial charge in [0.05, 0.1) is 11.6 Å². The number of H-pyrrole nitrogens is 1. The van der Waals surface area contributed by atoms with E-state index >= 15 is 0 Å². The van der Waals surface area contributed by atoms with Crippen molar-refractivity contribution in [3.8, 4) is 0 Å². The van der Waals surface area contributed by atoms with E-state index in [0.29, 0.717) is 24.0 Å². The largest absolute Gasteiger partial charge is 0.416 e. The Balaban J connectivity index is 2.23. The van der Waals surface area contributed by atoms with E-state index in [0.717, 1.165) is 4.90 Å². The Morgan fingerprint density at radius 1 is 1.45 bits per heavy atom. The number of halogens is 3. The van der Waals surface area contributed by atoms with Gasteiger partial charge < -0.3 is 15.0 Å². The number of aliphatic hydroxyl groups excluding tert-OH is 1. The Kier molecular flexibility index (Phi) is 4.08. The average Bonchev–Trinajstić information content (AvgIpc) is 2.82. The van der Waals surface area contributed by atoms with E-state index in [-0.39, 0.29) is 13.0 Å². The molecular weight excluding hydrogens is 273 g/mol. The third-order valence-corrected chi connectivity index (χ3v) is 3.69. The van der Waals surface area contributed by atoms with Gasteiger partial charge in [-0.3, -0.25) is 4.79 Å². The molecule has 1 amide bonds. The highest BCUT2D eigenvalue weighted by Crippen LogP contribution is 2.31. The predicted molar refractivity (Wildman–Crippen MR) is 66.3 cm³/mol. The molecule has 2 atom stereocenters. The van der Waals surface area contributed by atoms with Gasteiger partial charge >= 0.3 is 6.18 Å². The summed E-state index contributed by atoms with van der Waals surface area (Å²) in [6.45, 7) is 1.95. The minimum Gasteiger partial charge on any atom is -0.382 e. The van der Waals surface area contributed by atoms with Crippen molar-refractivity contribution in [2.24, 2.45) is 0 Å². The molecule has 1 aromatic rings. The summed E-state index contributed by atoms with van der Waals surface area (Å²) in [5.41, 5.74) is 1.03. The van der Waals surface area contributed by atoms with Crippen LogP contribution in [0.2, 0.25) is 0 Å². The van der Waals surface area contributed by atoms with Gasteiger partial charge in [-0.05, 0) is 31.7 Å². The van der Waals surface area contributed by atoms with Gasteiger partial charge in [-0.1, -0.05) is 0 Å². The predicted octanol–water partition coefficient (Wildman–Crippen LogP) is 2.24. The third kappa shape index (κ3) is 2.82. The first-order chi connectivity index (χ1) is 9.32. The second kappa shape index (κ2) is 5.47. The molecule has 0 aromatic carbocycles. The summed E-state index contributed by atoms with van der Waals surface area (Å²) in [7, 11) is 0. The fourth-order valence-corrected chi connectivity index (χ4v) is 2.58. The smallest absolute Gasteiger partial charge is 0.382 e. The summed E-state index contributed by atoms with van der Waals surface area (Å²) in [6.07, 6.45) is -2.73. The topological polar surface area (TPSA) is 56.3 Å². The molecule has 1 aromatic heterocycles. The van der Waals surface area contributed by atoms with Crippen LogP contribution in [0.1, 0.15) is 35.2 Å². The molecule has 0 radical (unpaired) electrons. The molecule has 0 spiro atoms. The number of aliphatic hydroxyl groups is 1. The van der Waals surface area contributed by atoms with Crippen LogP contribution in [0.25, 0.3) is 0 Å². The summed E-state index contributed by atoms with van der Waals surface area (Å²) >= 11 is 0. The number of carbonyl (C=O) groups is 1. The number of alkyl halides is 3. The third-order valence-electron chi connectivity index (χ3n) is 3.69. The number of likely N-dealkylation sites (tertiary alicyclic amines) is 1. The first-order valence-electron chi connectivity index (χ1n) is 6.51. The number of nitrogens with zero attached hydrogens (tertiary/aromatic N) is 1. The Morgan fingerprint density at radius 3 is 2.70 bits per heavy atom. The Bertz CT molecular complexity index is 484. The van der Waals surface area contributed by atoms with Crippen molar-refractivity contribution >= 4 is 5.91 Å². The highest BCUT2D eigenvalue weighted by atomic mass is 19.4. The van der Waals surface area contributed by atoms with Crippen molar-refractivity contribution in [3.63, 3.8) is 0 Å². The number of piperidine rings is 1. The van der Waals surface area contributed by atoms with Gasteiger partial charge in [-0.2, -0.15) is 13.2 Å². The minimum atomic E-state index is -4.71. The fourth-order valence-electron chi connectivity index (χ4n) is 2.58. The zero-order chi connectivity index (χ0) is 14.9. The van der Waals surface area contributed by atoms with Gasteiger partial charge in [-0.25, -0.2) is 0 Å². The Morgan fingerprint density at radius 2 is 2.15 bits per heavy atom. The lowest BCUT2D eigenvalue weighted by Crippen LogP contribution is -2.54. The maximum Gasteiger partial charge on any atom is 0.416 e. The van der Waals surface area contributed by atoms with Gasteiger partial charge in [0.25, 0.3) is 5.91 Å². The molecule has 112 valence electrons. The van der Waals surface area contributed by atoms with Crippen molar-refractivity contribution in [1.29, 1.82) is 0 Å². The van der Waals surface area contributed by atoms with Crippen LogP contribution in [0.5, 0.6) is 0 Å². The van der Waals surface area contributed by atoms with E-state index in [1.54, 1.807) is 13.1 Å². The van der Waals surface area contributed by atoms with Crippen LogP contribution in [0.4, 0.5) is 13.2 Å². The standard InChI is InChI=1S/C13H17F3N2O2/c1-8-6-17-7-9(8)12(20)18-5-3-2-4-10(18)11(19)13(14,15)16/h6-7,10-11,17,19H,2-5H2,1H3. The molecule has 2 unspecified atom stereocenters. The molecule has 4 nitrogen and oxygen atoms in total. The van der Waals surface area contributed by atoms with Crippen LogP contribution in [0.3, 0.4) is 0 Å². The van der Waals surface area contributed by atoms with Crippen molar-refractivity contribution in [1.82, 2.24) is 9.88 Å². The van der Waals surface area contributed by atoms with Crippen LogP contribution in [-0.2, 0) is 0 Å². The summed E-state index contributed by atoms with van der Waals surface area (Å²) in [4.78, 5) is 16.3. The van der Waals surface area contributed by atoms with Gasteiger partial charge in [-0.15, -0.1) is 0 Å². The molecule has 0 saturated carbocycles. The lowest BCUT2D eigenvalue weighted by atomic mass is 9.96. The van der Waals surface area contributed by atoms with Crippen LogP contribution >= 0.6 is 0 Å². The first kappa shape index (κ1) is 14.9. The van der Waals surface area contributed by atoms with Crippen LogP contribution in [-0.4, -0.2) is 45.8 Å². The van der Waals surface area contributed by atoms with Crippen LogP contribution < -0.4 is 0 Å². The molecule has 1 aliphatic heterocycles. The maximum atomic E-state index is 12.7. The van der Waals surface area contributed by atoms with Gasteiger partial charge in [0, 0.05) is 18.9 Å². The summed E-state index contributed by atoms with van der Waals surface area (Å²) < 4.78 is 38.1. The lowest BCUT2D eigenvalue weighted by molar-refractivity contribution is -0.221. The molecule has 20 heavy (non-hydrogen) atoms. The number of rotatable bonds is 2. The van der Waals surface area contributed by atoms with Gasteiger partial charge in [0.2, 0.25) is 0 Å². The number of carbonyl (C=O) groups excluding carboxylic acids is 1. The summed E-state index contributed by atoms with van der Waals surface area (Å²) in [5.74, 6) is -0.461. The molecule has 1 fully saturated rings. The van der Waals surface area contributed by atoms with Gasteiger partial charge in [0.1, 0.15) is 0 Å². The quantitative estimate of drug-likeness (QED) is 0.877. The number of amides is 1. The Hall–Kier alpha value is -1.50. The molecule has 1 saturated heterocycles. The number of nitrogens with one attached hydrogen (secondary N) is 1. The molecule has 2 rings (SSSR count). The van der Waals surface area contributed by atoms with Crippen molar-refractivity contribution < 1.29 is 23.1 Å². The first-order valence-corrected chi connectivity index (χ1v) is 6.51. The molecule has 0 aliphatic carbocycles. The summed E-state index contributed by atoms with van der Waals surface area (Å²) in [6, 6.07) is -1.20. The van der Waals surface area contributed by atoms with E-state index in [2.05, 4.69) is 4.98 Å². The monoisotopic (exact) mass is 290 g/mol. The van der Waals surface area contributed by atoms with Crippen molar-refractivity contribution in [3.05, 3.63) is 23.5 Å². The molecule has 0 bridgehead atoms. The highest BCUT2D eigenvalue weighted by molar-refractivity contribution is 5.95. The minimum absolute atomic E-state index is 0.163. The fraction of sp³-hybridized carbons (Fsp3) is 0.615. The van der Waals surface area contributed by atoms with E-state index in [1.807, 2.05) is 0 Å². The van der Waals surface area contributed by atoms with Crippen LogP contribution in [0.15, 0.2) is 12.4 Å². The molecule has 2 heterocycles.